The van der Waals surface area contributed by atoms with Crippen molar-refractivity contribution in [1.29, 1.82) is 0 Å². The molecule has 0 saturated carbocycles. The first kappa shape index (κ1) is 13.2. The standard InChI is InChI=1S/C16H13NO4/c1-19-14-8-15(20-2)12(7-10(14)9-18)16-11-5-3-4-6-13(11)21-17-16/h3-9H,1-2H3. The molecule has 5 heteroatoms. The van der Waals surface area contributed by atoms with Crippen LogP contribution in [0.5, 0.6) is 11.5 Å². The van der Waals surface area contributed by atoms with Crippen molar-refractivity contribution >= 4 is 17.3 Å². The molecule has 0 unspecified atom stereocenters. The molecule has 0 saturated heterocycles. The van der Waals surface area contributed by atoms with Crippen LogP contribution in [0.3, 0.4) is 0 Å². The van der Waals surface area contributed by atoms with Gasteiger partial charge in [0.15, 0.2) is 11.9 Å². The summed E-state index contributed by atoms with van der Waals surface area (Å²) in [5.41, 5.74) is 2.43. The topological polar surface area (TPSA) is 61.6 Å². The van der Waals surface area contributed by atoms with Crippen LogP contribution in [0.1, 0.15) is 10.4 Å². The molecule has 3 rings (SSSR count). The van der Waals surface area contributed by atoms with Crippen LogP contribution >= 0.6 is 0 Å². The fourth-order valence-electron chi connectivity index (χ4n) is 2.28. The molecule has 0 radical (unpaired) electrons. The van der Waals surface area contributed by atoms with Crippen molar-refractivity contribution in [2.45, 2.75) is 0 Å². The number of ether oxygens (including phenoxy) is 2. The summed E-state index contributed by atoms with van der Waals surface area (Å²) in [4.78, 5) is 11.2. The Morgan fingerprint density at radius 1 is 1.10 bits per heavy atom. The Labute approximate surface area is 121 Å². The maximum absolute atomic E-state index is 11.2. The number of nitrogens with zero attached hydrogens (tertiary/aromatic N) is 1. The fourth-order valence-corrected chi connectivity index (χ4v) is 2.28. The van der Waals surface area contributed by atoms with Crippen LogP contribution in [-0.2, 0) is 0 Å². The molecule has 0 aliphatic heterocycles. The quantitative estimate of drug-likeness (QED) is 0.687. The van der Waals surface area contributed by atoms with Gasteiger partial charge in [-0.2, -0.15) is 0 Å². The zero-order chi connectivity index (χ0) is 14.8. The van der Waals surface area contributed by atoms with Crippen LogP contribution in [0.2, 0.25) is 0 Å². The van der Waals surface area contributed by atoms with E-state index in [9.17, 15) is 4.79 Å². The van der Waals surface area contributed by atoms with Crippen molar-refractivity contribution in [3.8, 4) is 22.8 Å². The summed E-state index contributed by atoms with van der Waals surface area (Å²) < 4.78 is 15.9. The highest BCUT2D eigenvalue weighted by Gasteiger charge is 2.17. The Morgan fingerprint density at radius 2 is 1.86 bits per heavy atom. The van der Waals surface area contributed by atoms with Crippen molar-refractivity contribution in [3.05, 3.63) is 42.0 Å². The summed E-state index contributed by atoms with van der Waals surface area (Å²) >= 11 is 0. The van der Waals surface area contributed by atoms with Gasteiger partial charge in [-0.15, -0.1) is 0 Å². The van der Waals surface area contributed by atoms with E-state index in [1.54, 1.807) is 19.2 Å². The molecule has 0 bridgehead atoms. The lowest BCUT2D eigenvalue weighted by molar-refractivity contribution is 0.112. The molecule has 1 aromatic heterocycles. The lowest BCUT2D eigenvalue weighted by Crippen LogP contribution is -1.95. The highest BCUT2D eigenvalue weighted by atomic mass is 16.5. The number of fused-ring (bicyclic) bond motifs is 1. The van der Waals surface area contributed by atoms with Gasteiger partial charge in [0, 0.05) is 17.0 Å². The second-order valence-electron chi connectivity index (χ2n) is 4.44. The van der Waals surface area contributed by atoms with E-state index in [2.05, 4.69) is 5.16 Å². The van der Waals surface area contributed by atoms with E-state index >= 15 is 0 Å². The SMILES string of the molecule is COc1cc(OC)c(-c2noc3ccccc23)cc1C=O. The number of methoxy groups -OCH3 is 2. The lowest BCUT2D eigenvalue weighted by atomic mass is 10.0. The van der Waals surface area contributed by atoms with Crippen molar-refractivity contribution in [3.63, 3.8) is 0 Å². The molecule has 5 nitrogen and oxygen atoms in total. The summed E-state index contributed by atoms with van der Waals surface area (Å²) in [6.07, 6.45) is 0.740. The number of hydrogen-bond acceptors (Lipinski definition) is 5. The first-order valence-electron chi connectivity index (χ1n) is 6.34. The summed E-state index contributed by atoms with van der Waals surface area (Å²) in [7, 11) is 3.06. The largest absolute Gasteiger partial charge is 0.496 e. The van der Waals surface area contributed by atoms with Gasteiger partial charge in [0.25, 0.3) is 0 Å². The van der Waals surface area contributed by atoms with Crippen LogP contribution in [0, 0.1) is 0 Å². The number of carbonyl (C=O) groups excluding carboxylic acids is 1. The summed E-state index contributed by atoms with van der Waals surface area (Å²) in [6.45, 7) is 0. The molecule has 1 heterocycles. The van der Waals surface area contributed by atoms with E-state index < -0.39 is 0 Å². The molecule has 106 valence electrons. The molecule has 0 spiro atoms. The van der Waals surface area contributed by atoms with Gasteiger partial charge in [-0.1, -0.05) is 17.3 Å². The predicted octanol–water partition coefficient (Wildman–Crippen LogP) is 3.32. The average Bonchev–Trinajstić information content (AvgIpc) is 2.97. The highest BCUT2D eigenvalue weighted by molar-refractivity contribution is 5.95. The molecule has 0 atom stereocenters. The smallest absolute Gasteiger partial charge is 0.167 e. The number of benzene rings is 2. The average molecular weight is 283 g/mol. The Morgan fingerprint density at radius 3 is 2.57 bits per heavy atom. The first-order chi connectivity index (χ1) is 10.3. The molecule has 3 aromatic rings. The Balaban J connectivity index is 2.28. The fraction of sp³-hybridized carbons (Fsp3) is 0.125. The monoisotopic (exact) mass is 283 g/mol. The third-order valence-electron chi connectivity index (χ3n) is 3.31. The summed E-state index contributed by atoms with van der Waals surface area (Å²) in [6, 6.07) is 10.9. The molecule has 0 aliphatic rings. The molecule has 2 aromatic carbocycles. The number of para-hydroxylation sites is 1. The minimum Gasteiger partial charge on any atom is -0.496 e. The van der Waals surface area contributed by atoms with Crippen LogP contribution in [0.25, 0.3) is 22.2 Å². The number of rotatable bonds is 4. The minimum absolute atomic E-state index is 0.431. The van der Waals surface area contributed by atoms with Crippen LogP contribution in [-0.4, -0.2) is 25.7 Å². The van der Waals surface area contributed by atoms with Gasteiger partial charge in [-0.05, 0) is 18.2 Å². The van der Waals surface area contributed by atoms with E-state index in [-0.39, 0.29) is 0 Å². The van der Waals surface area contributed by atoms with E-state index in [1.165, 1.54) is 7.11 Å². The summed E-state index contributed by atoms with van der Waals surface area (Å²) in [5, 5.41) is 4.95. The third kappa shape index (κ3) is 2.12. The van der Waals surface area contributed by atoms with E-state index in [0.717, 1.165) is 11.7 Å². The molecule has 0 N–H and O–H groups in total. The van der Waals surface area contributed by atoms with E-state index in [4.69, 9.17) is 14.0 Å². The van der Waals surface area contributed by atoms with Crippen LogP contribution < -0.4 is 9.47 Å². The van der Waals surface area contributed by atoms with Crippen LogP contribution in [0.4, 0.5) is 0 Å². The second-order valence-corrected chi connectivity index (χ2v) is 4.44. The van der Waals surface area contributed by atoms with Crippen molar-refractivity contribution in [2.24, 2.45) is 0 Å². The first-order valence-corrected chi connectivity index (χ1v) is 6.34. The van der Waals surface area contributed by atoms with Crippen molar-refractivity contribution in [2.75, 3.05) is 14.2 Å². The number of hydrogen-bond donors (Lipinski definition) is 0. The second kappa shape index (κ2) is 5.28. The van der Waals surface area contributed by atoms with Gasteiger partial charge < -0.3 is 14.0 Å². The van der Waals surface area contributed by atoms with Gasteiger partial charge >= 0.3 is 0 Å². The van der Waals surface area contributed by atoms with Crippen molar-refractivity contribution in [1.82, 2.24) is 5.16 Å². The summed E-state index contributed by atoms with van der Waals surface area (Å²) in [5.74, 6) is 1.02. The Kier molecular flexibility index (Phi) is 3.31. The normalized spacial score (nSPS) is 10.6. The Bertz CT molecular complexity index is 807. The zero-order valence-corrected chi connectivity index (χ0v) is 11.6. The zero-order valence-electron chi connectivity index (χ0n) is 11.6. The molecular weight excluding hydrogens is 270 g/mol. The van der Waals surface area contributed by atoms with Crippen LogP contribution in [0.15, 0.2) is 40.9 Å². The van der Waals surface area contributed by atoms with E-state index in [0.29, 0.717) is 33.9 Å². The number of aldehydes is 1. The number of carbonyl (C=O) groups is 1. The third-order valence-corrected chi connectivity index (χ3v) is 3.31. The maximum atomic E-state index is 11.2. The maximum Gasteiger partial charge on any atom is 0.167 e. The predicted molar refractivity (Wildman–Crippen MR) is 77.9 cm³/mol. The molecule has 0 aliphatic carbocycles. The lowest BCUT2D eigenvalue weighted by Gasteiger charge is -2.10. The van der Waals surface area contributed by atoms with E-state index in [1.807, 2.05) is 24.3 Å². The molecule has 21 heavy (non-hydrogen) atoms. The Hall–Kier alpha value is -2.82. The van der Waals surface area contributed by atoms with Crippen molar-refractivity contribution < 1.29 is 18.8 Å². The minimum atomic E-state index is 0.431. The van der Waals surface area contributed by atoms with Gasteiger partial charge in [0.1, 0.15) is 17.2 Å². The molecule has 0 fully saturated rings. The van der Waals surface area contributed by atoms with Gasteiger partial charge in [-0.3, -0.25) is 4.79 Å². The number of aromatic nitrogens is 1. The molecular formula is C16H13NO4. The van der Waals surface area contributed by atoms with Gasteiger partial charge in [0.2, 0.25) is 0 Å². The van der Waals surface area contributed by atoms with Gasteiger partial charge in [0.05, 0.1) is 19.8 Å². The molecule has 0 amide bonds. The van der Waals surface area contributed by atoms with Gasteiger partial charge in [-0.25, -0.2) is 0 Å². The highest BCUT2D eigenvalue weighted by Crippen LogP contribution is 2.38.